The van der Waals surface area contributed by atoms with Gasteiger partial charge in [-0.15, -0.1) is 5.10 Å². The lowest BCUT2D eigenvalue weighted by atomic mass is 10.1. The van der Waals surface area contributed by atoms with Crippen molar-refractivity contribution in [1.82, 2.24) is 14.8 Å². The topological polar surface area (TPSA) is 118 Å². The maximum Gasteiger partial charge on any atom is 0.335 e. The van der Waals surface area contributed by atoms with Gasteiger partial charge in [0.05, 0.1) is 18.8 Å². The van der Waals surface area contributed by atoms with E-state index in [1.807, 2.05) is 0 Å². The summed E-state index contributed by atoms with van der Waals surface area (Å²) in [5.74, 6) is -1.78. The highest BCUT2D eigenvalue weighted by Crippen LogP contribution is 2.19. The highest BCUT2D eigenvalue weighted by atomic mass is 16.5. The van der Waals surface area contributed by atoms with E-state index in [2.05, 4.69) is 10.1 Å². The van der Waals surface area contributed by atoms with Crippen molar-refractivity contribution in [3.63, 3.8) is 0 Å². The molecule has 0 bridgehead atoms. The van der Waals surface area contributed by atoms with Gasteiger partial charge >= 0.3 is 5.97 Å². The number of morpholine rings is 1. The summed E-state index contributed by atoms with van der Waals surface area (Å²) in [6, 6.07) is 5.15. The summed E-state index contributed by atoms with van der Waals surface area (Å²) in [4.78, 5) is 28.4. The molecular weight excluding hydrogens is 304 g/mol. The van der Waals surface area contributed by atoms with Gasteiger partial charge in [0.15, 0.2) is 18.0 Å². The molecule has 0 spiro atoms. The van der Waals surface area contributed by atoms with Crippen LogP contribution in [0, 0.1) is 0 Å². The molecule has 0 radical (unpaired) electrons. The number of carbonyl (C=O) groups is 2. The number of carboxylic acid groups (broad SMARTS) is 1. The average molecular weight is 318 g/mol. The lowest BCUT2D eigenvalue weighted by molar-refractivity contribution is -0.163. The molecule has 1 saturated heterocycles. The smallest absolute Gasteiger partial charge is 0.335 e. The summed E-state index contributed by atoms with van der Waals surface area (Å²) in [7, 11) is 0. The Kier molecular flexibility index (Phi) is 4.04. The van der Waals surface area contributed by atoms with Crippen LogP contribution in [0.3, 0.4) is 0 Å². The van der Waals surface area contributed by atoms with E-state index in [1.54, 1.807) is 41.5 Å². The Morgan fingerprint density at radius 1 is 1.35 bits per heavy atom. The first-order valence-electron chi connectivity index (χ1n) is 6.88. The van der Waals surface area contributed by atoms with Crippen molar-refractivity contribution in [2.75, 3.05) is 18.1 Å². The minimum Gasteiger partial charge on any atom is -0.479 e. The number of ether oxygens (including phenoxy) is 1. The van der Waals surface area contributed by atoms with Gasteiger partial charge in [-0.1, -0.05) is 0 Å². The molecule has 9 nitrogen and oxygen atoms in total. The molecule has 2 aromatic rings. The number of carboxylic acids is 1. The van der Waals surface area contributed by atoms with Crippen LogP contribution in [0.1, 0.15) is 0 Å². The quantitative estimate of drug-likeness (QED) is 0.776. The fourth-order valence-corrected chi connectivity index (χ4v) is 2.29. The van der Waals surface area contributed by atoms with E-state index in [0.717, 1.165) is 5.69 Å². The van der Waals surface area contributed by atoms with Crippen LogP contribution in [0.4, 0.5) is 5.82 Å². The predicted octanol–water partition coefficient (Wildman–Crippen LogP) is -0.555. The molecule has 23 heavy (non-hydrogen) atoms. The number of rotatable bonds is 4. The molecule has 1 unspecified atom stereocenters. The Bertz CT molecular complexity index is 717. The van der Waals surface area contributed by atoms with Crippen LogP contribution < -0.4 is 4.90 Å². The van der Waals surface area contributed by atoms with E-state index in [9.17, 15) is 14.7 Å². The number of hydrogen-bond acceptors (Lipinski definition) is 6. The molecular formula is C14H14N4O5. The van der Waals surface area contributed by atoms with E-state index >= 15 is 0 Å². The number of nitrogens with zero attached hydrogens (tertiary/aromatic N) is 4. The van der Waals surface area contributed by atoms with Crippen LogP contribution in [-0.4, -0.2) is 62.2 Å². The fourth-order valence-electron chi connectivity index (χ4n) is 2.29. The van der Waals surface area contributed by atoms with E-state index in [0.29, 0.717) is 5.82 Å². The third-order valence-electron chi connectivity index (χ3n) is 3.44. The van der Waals surface area contributed by atoms with Crippen molar-refractivity contribution >= 4 is 17.7 Å². The first-order chi connectivity index (χ1) is 11.1. The molecule has 120 valence electrons. The Hall–Kier alpha value is -2.78. The van der Waals surface area contributed by atoms with Crippen LogP contribution in [0.25, 0.3) is 5.69 Å². The van der Waals surface area contributed by atoms with Gasteiger partial charge in [0.25, 0.3) is 5.91 Å². The summed E-state index contributed by atoms with van der Waals surface area (Å²) in [6.45, 7) is 0.345. The molecule has 2 atom stereocenters. The minimum absolute atomic E-state index is 0.114. The Morgan fingerprint density at radius 3 is 2.78 bits per heavy atom. The molecule has 1 aliphatic rings. The predicted molar refractivity (Wildman–Crippen MR) is 77.1 cm³/mol. The van der Waals surface area contributed by atoms with Crippen molar-refractivity contribution in [2.24, 2.45) is 0 Å². The van der Waals surface area contributed by atoms with E-state index in [4.69, 9.17) is 9.84 Å². The second kappa shape index (κ2) is 6.15. The van der Waals surface area contributed by atoms with Crippen LogP contribution in [0.5, 0.6) is 0 Å². The van der Waals surface area contributed by atoms with Crippen molar-refractivity contribution in [1.29, 1.82) is 0 Å². The molecule has 1 fully saturated rings. The van der Waals surface area contributed by atoms with Gasteiger partial charge in [-0.05, 0) is 12.1 Å². The second-order valence-electron chi connectivity index (χ2n) is 4.89. The van der Waals surface area contributed by atoms with Gasteiger partial charge in [-0.2, -0.15) is 0 Å². The second-order valence-corrected chi connectivity index (χ2v) is 4.89. The minimum atomic E-state index is -1.91. The lowest BCUT2D eigenvalue weighted by Crippen LogP contribution is -2.54. The number of amides is 1. The molecule has 2 aromatic heterocycles. The van der Waals surface area contributed by atoms with E-state index in [1.165, 1.54) is 4.90 Å². The summed E-state index contributed by atoms with van der Waals surface area (Å²) in [6.07, 6.45) is 1.57. The summed E-state index contributed by atoms with van der Waals surface area (Å²) < 4.78 is 6.66. The summed E-state index contributed by atoms with van der Waals surface area (Å²) >= 11 is 0. The van der Waals surface area contributed by atoms with Gasteiger partial charge in [0.2, 0.25) is 0 Å². The number of aromatic nitrogens is 3. The zero-order valence-electron chi connectivity index (χ0n) is 11.9. The largest absolute Gasteiger partial charge is 0.479 e. The number of aliphatic carboxylic acids is 1. The monoisotopic (exact) mass is 318 g/mol. The zero-order valence-corrected chi connectivity index (χ0v) is 11.9. The van der Waals surface area contributed by atoms with Gasteiger partial charge in [-0.3, -0.25) is 14.7 Å². The molecule has 3 heterocycles. The number of pyridine rings is 1. The maximum absolute atomic E-state index is 12.3. The lowest BCUT2D eigenvalue weighted by Gasteiger charge is -2.31. The zero-order chi connectivity index (χ0) is 16.4. The normalized spacial score (nSPS) is 19.6. The number of aliphatic hydroxyl groups excluding tert-OH is 1. The van der Waals surface area contributed by atoms with Crippen molar-refractivity contribution in [2.45, 2.75) is 12.2 Å². The first kappa shape index (κ1) is 15.1. The number of anilines is 1. The summed E-state index contributed by atoms with van der Waals surface area (Å²) in [5.41, 5.74) is 0.772. The highest BCUT2D eigenvalue weighted by Gasteiger charge is 2.39. The third kappa shape index (κ3) is 2.91. The van der Waals surface area contributed by atoms with Crippen molar-refractivity contribution in [3.8, 4) is 5.69 Å². The van der Waals surface area contributed by atoms with Crippen LogP contribution in [0.15, 0.2) is 36.8 Å². The Morgan fingerprint density at radius 2 is 2.09 bits per heavy atom. The average Bonchev–Trinajstić information content (AvgIpc) is 3.05. The summed E-state index contributed by atoms with van der Waals surface area (Å²) in [5, 5.41) is 22.7. The first-order valence-corrected chi connectivity index (χ1v) is 6.88. The molecule has 0 saturated carbocycles. The van der Waals surface area contributed by atoms with Gasteiger partial charge in [-0.25, -0.2) is 9.48 Å². The highest BCUT2D eigenvalue weighted by molar-refractivity contribution is 5.99. The molecule has 0 aliphatic carbocycles. The van der Waals surface area contributed by atoms with Crippen LogP contribution in [0.2, 0.25) is 0 Å². The fraction of sp³-hybridized carbons (Fsp3) is 0.286. The third-order valence-corrected chi connectivity index (χ3v) is 3.44. The van der Waals surface area contributed by atoms with Crippen LogP contribution in [-0.2, 0) is 14.3 Å². The molecule has 0 aromatic carbocycles. The van der Waals surface area contributed by atoms with Gasteiger partial charge < -0.3 is 14.9 Å². The molecule has 1 aliphatic heterocycles. The number of hydrogen-bond donors (Lipinski definition) is 2. The molecule has 9 heteroatoms. The Labute approximate surface area is 130 Å². The molecule has 3 rings (SSSR count). The van der Waals surface area contributed by atoms with Crippen molar-refractivity contribution < 1.29 is 24.5 Å². The van der Waals surface area contributed by atoms with E-state index in [-0.39, 0.29) is 13.2 Å². The molecule has 1 amide bonds. The standard InChI is InChI=1S/C14H14N4O5/c19-11(14(21)22)12-13(20)17(7-8-23-12)10-3-6-18(16-10)9-1-4-15-5-2-9/h1-6,11-12,19H,7-8H2,(H,21,22)/t11?,12-/m1/s1. The van der Waals surface area contributed by atoms with E-state index < -0.39 is 24.1 Å². The van der Waals surface area contributed by atoms with Gasteiger partial charge in [0.1, 0.15) is 0 Å². The number of carbonyl (C=O) groups excluding carboxylic acids is 1. The molecule has 2 N–H and O–H groups in total. The maximum atomic E-state index is 12.3. The SMILES string of the molecule is O=C(O)C(O)[C@H]1OCCN(c2ccn(-c3ccncc3)n2)C1=O. The Balaban J connectivity index is 1.83. The number of aliphatic hydroxyl groups is 1. The van der Waals surface area contributed by atoms with Crippen LogP contribution >= 0.6 is 0 Å². The van der Waals surface area contributed by atoms with Crippen molar-refractivity contribution in [3.05, 3.63) is 36.8 Å². The van der Waals surface area contributed by atoms with Gasteiger partial charge in [0, 0.05) is 24.7 Å².